The number of amides is 4. The fourth-order valence-electron chi connectivity index (χ4n) is 9.63. The third kappa shape index (κ3) is 15.9. The number of thioether (sulfide) groups is 2. The second-order valence-electron chi connectivity index (χ2n) is 21.5. The first-order valence-electron chi connectivity index (χ1n) is 26.8. The summed E-state index contributed by atoms with van der Waals surface area (Å²) in [6.07, 6.45) is 2.06. The van der Waals surface area contributed by atoms with Gasteiger partial charge in [0.15, 0.2) is 0 Å². The smallest absolute Gasteiger partial charge is 0.326 e. The summed E-state index contributed by atoms with van der Waals surface area (Å²) in [5.41, 5.74) is 4.36. The number of cyclic esters (lactones) is 1. The van der Waals surface area contributed by atoms with E-state index >= 15 is 0 Å². The maximum absolute atomic E-state index is 14.9. The zero-order valence-electron chi connectivity index (χ0n) is 45.8. The zero-order valence-corrected chi connectivity index (χ0v) is 47.4. The minimum Gasteiger partial charge on any atom is -0.460 e. The van der Waals surface area contributed by atoms with Gasteiger partial charge in [0.1, 0.15) is 36.4 Å². The standard InChI is InChI=1S/C65H72N4O8S2/c1-62(2,3)58-61(75)66-44-57(72)76-52(39-25-26-42-78-64(46-27-13-7-14-28-46,47-29-15-8-16-30-47)48-31-17-9-18-32-48)43-55(70)67-53(40-41-56(71)77-63(4,5)6)59(73)68-54(60(74)69-58)45-79-65(49-33-19-10-20-34-49,50-35-21-11-22-36-50)51-37-23-12-24-38-51/h7-25,27-39,52-54,58H,26,40-45H2,1-6H3,(H,66,75)(H,67,70)(H,68,73)(H,69,74). The van der Waals surface area contributed by atoms with Gasteiger partial charge < -0.3 is 30.7 Å². The van der Waals surface area contributed by atoms with E-state index in [-0.39, 0.29) is 18.6 Å². The van der Waals surface area contributed by atoms with Gasteiger partial charge in [0, 0.05) is 12.2 Å². The molecule has 4 N–H and O–H groups in total. The Labute approximate surface area is 473 Å². The van der Waals surface area contributed by atoms with Crippen molar-refractivity contribution in [2.45, 2.75) is 107 Å². The van der Waals surface area contributed by atoms with Crippen LogP contribution in [0.3, 0.4) is 0 Å². The van der Waals surface area contributed by atoms with Gasteiger partial charge in [-0.25, -0.2) is 0 Å². The third-order valence-corrected chi connectivity index (χ3v) is 16.6. The fourth-order valence-corrected chi connectivity index (χ4v) is 12.7. The van der Waals surface area contributed by atoms with E-state index in [4.69, 9.17) is 9.47 Å². The number of allylic oxidation sites excluding steroid dienone is 1. The highest BCUT2D eigenvalue weighted by atomic mass is 32.2. The van der Waals surface area contributed by atoms with Crippen molar-refractivity contribution in [3.63, 3.8) is 0 Å². The Morgan fingerprint density at radius 1 is 0.557 bits per heavy atom. The molecule has 12 nitrogen and oxygen atoms in total. The van der Waals surface area contributed by atoms with Crippen LogP contribution < -0.4 is 21.3 Å². The highest BCUT2D eigenvalue weighted by Crippen LogP contribution is 2.50. The Hall–Kier alpha value is -7.42. The molecule has 7 rings (SSSR count). The summed E-state index contributed by atoms with van der Waals surface area (Å²) >= 11 is 3.19. The average Bonchev–Trinajstić information content (AvgIpc) is 3.62. The molecule has 1 aliphatic rings. The molecule has 1 heterocycles. The van der Waals surface area contributed by atoms with Crippen LogP contribution in [0.1, 0.15) is 101 Å². The molecule has 4 atom stereocenters. The molecule has 1 saturated heterocycles. The molecule has 14 heteroatoms. The second-order valence-corrected chi connectivity index (χ2v) is 24.0. The van der Waals surface area contributed by atoms with E-state index in [9.17, 15) is 28.8 Å². The first-order chi connectivity index (χ1) is 37.9. The van der Waals surface area contributed by atoms with Gasteiger partial charge in [0.25, 0.3) is 0 Å². The van der Waals surface area contributed by atoms with Crippen molar-refractivity contribution < 1.29 is 38.2 Å². The molecule has 0 saturated carbocycles. The van der Waals surface area contributed by atoms with Crippen LogP contribution >= 0.6 is 23.5 Å². The van der Waals surface area contributed by atoms with Crippen molar-refractivity contribution in [3.05, 3.63) is 228 Å². The molecule has 0 bridgehead atoms. The van der Waals surface area contributed by atoms with Gasteiger partial charge in [-0.1, -0.05) is 209 Å². The Morgan fingerprint density at radius 2 is 0.975 bits per heavy atom. The van der Waals surface area contributed by atoms with Gasteiger partial charge in [-0.05, 0) is 84.2 Å². The molecular weight excluding hydrogens is 1030 g/mol. The number of hydrogen-bond acceptors (Lipinski definition) is 10. The second kappa shape index (κ2) is 27.4. The van der Waals surface area contributed by atoms with E-state index in [1.807, 2.05) is 152 Å². The number of benzene rings is 6. The lowest BCUT2D eigenvalue weighted by Crippen LogP contribution is -2.60. The number of hydrogen-bond donors (Lipinski definition) is 4. The number of esters is 2. The van der Waals surface area contributed by atoms with Gasteiger partial charge in [0.2, 0.25) is 23.6 Å². The SMILES string of the molecule is CC(C)(C)OC(=O)CCC1NC(=O)CC(C=CCCSC(c2ccccc2)(c2ccccc2)c2ccccc2)OC(=O)CNC(=O)C(C(C)(C)C)NC(=O)C(CSC(c2ccccc2)(c2ccccc2)c2ccccc2)NC1=O. The molecule has 4 unspecified atom stereocenters. The molecule has 79 heavy (non-hydrogen) atoms. The summed E-state index contributed by atoms with van der Waals surface area (Å²) in [6.45, 7) is 10.00. The Bertz CT molecular complexity index is 2800. The van der Waals surface area contributed by atoms with E-state index in [2.05, 4.69) is 57.7 Å². The van der Waals surface area contributed by atoms with E-state index in [1.165, 1.54) is 11.8 Å². The first-order valence-corrected chi connectivity index (χ1v) is 28.7. The third-order valence-electron chi connectivity index (χ3n) is 13.3. The quantitative estimate of drug-likeness (QED) is 0.0299. The molecule has 1 aliphatic heterocycles. The van der Waals surface area contributed by atoms with Gasteiger partial charge in [-0.3, -0.25) is 28.8 Å². The molecular formula is C65H72N4O8S2. The number of rotatable bonds is 17. The zero-order chi connectivity index (χ0) is 56.5. The highest BCUT2D eigenvalue weighted by molar-refractivity contribution is 8.00. The van der Waals surface area contributed by atoms with Crippen LogP contribution in [0.4, 0.5) is 0 Å². The number of ether oxygens (including phenoxy) is 2. The summed E-state index contributed by atoms with van der Waals surface area (Å²) < 4.78 is 10.0. The maximum atomic E-state index is 14.9. The van der Waals surface area contributed by atoms with Crippen molar-refractivity contribution in [2.75, 3.05) is 18.1 Å². The molecule has 0 spiro atoms. The van der Waals surface area contributed by atoms with Crippen molar-refractivity contribution in [1.29, 1.82) is 0 Å². The van der Waals surface area contributed by atoms with Crippen molar-refractivity contribution >= 4 is 59.1 Å². The van der Waals surface area contributed by atoms with Crippen LogP contribution in [0.2, 0.25) is 0 Å². The van der Waals surface area contributed by atoms with E-state index in [0.717, 1.165) is 33.4 Å². The Kier molecular flexibility index (Phi) is 20.6. The van der Waals surface area contributed by atoms with Crippen LogP contribution in [-0.2, 0) is 47.7 Å². The first kappa shape index (κ1) is 59.2. The van der Waals surface area contributed by atoms with Gasteiger partial charge >= 0.3 is 11.9 Å². The average molecular weight is 1100 g/mol. The number of carbonyl (C=O) groups excluding carboxylic acids is 6. The lowest BCUT2D eigenvalue weighted by molar-refractivity contribution is -0.155. The number of nitrogens with one attached hydrogen (secondary N) is 4. The summed E-state index contributed by atoms with van der Waals surface area (Å²) in [6, 6.07) is 56.8. The summed E-state index contributed by atoms with van der Waals surface area (Å²) in [5, 5.41) is 11.3. The van der Waals surface area contributed by atoms with Crippen LogP contribution in [0.15, 0.2) is 194 Å². The minimum absolute atomic E-state index is 0.0257. The van der Waals surface area contributed by atoms with Gasteiger partial charge in [-0.2, -0.15) is 0 Å². The lowest BCUT2D eigenvalue weighted by Gasteiger charge is -2.37. The van der Waals surface area contributed by atoms with Crippen LogP contribution in [0, 0.1) is 5.41 Å². The van der Waals surface area contributed by atoms with Crippen molar-refractivity contribution in [2.24, 2.45) is 5.41 Å². The van der Waals surface area contributed by atoms with Crippen molar-refractivity contribution in [3.8, 4) is 0 Å². The minimum atomic E-state index is -1.35. The number of carbonyl (C=O) groups is 6. The van der Waals surface area contributed by atoms with Crippen LogP contribution in [0.5, 0.6) is 0 Å². The molecule has 0 aromatic heterocycles. The molecule has 6 aromatic rings. The van der Waals surface area contributed by atoms with Crippen LogP contribution in [0.25, 0.3) is 0 Å². The topological polar surface area (TPSA) is 169 Å². The van der Waals surface area contributed by atoms with Gasteiger partial charge in [0.05, 0.1) is 15.9 Å². The molecule has 0 aliphatic carbocycles. The molecule has 412 valence electrons. The molecule has 4 amide bonds. The van der Waals surface area contributed by atoms with Crippen molar-refractivity contribution in [1.82, 2.24) is 21.3 Å². The van der Waals surface area contributed by atoms with E-state index < -0.39 is 93.3 Å². The largest absolute Gasteiger partial charge is 0.460 e. The Balaban J connectivity index is 1.20. The van der Waals surface area contributed by atoms with Crippen LogP contribution in [-0.4, -0.2) is 83.4 Å². The lowest BCUT2D eigenvalue weighted by atomic mass is 9.84. The van der Waals surface area contributed by atoms with Gasteiger partial charge in [-0.15, -0.1) is 23.5 Å². The fraction of sp³-hybridized carbons (Fsp3) is 0.323. The molecule has 6 aromatic carbocycles. The monoisotopic (exact) mass is 1100 g/mol. The predicted octanol–water partition coefficient (Wildman–Crippen LogP) is 10.4. The normalized spacial score (nSPS) is 18.4. The molecule has 1 fully saturated rings. The highest BCUT2D eigenvalue weighted by Gasteiger charge is 2.42. The molecule has 0 radical (unpaired) electrons. The predicted molar refractivity (Wildman–Crippen MR) is 315 cm³/mol. The summed E-state index contributed by atoms with van der Waals surface area (Å²) in [7, 11) is 0. The maximum Gasteiger partial charge on any atom is 0.326 e. The van der Waals surface area contributed by atoms with E-state index in [1.54, 1.807) is 59.4 Å². The van der Waals surface area contributed by atoms with E-state index in [0.29, 0.717) is 12.2 Å². The summed E-state index contributed by atoms with van der Waals surface area (Å²) in [5.74, 6) is -3.55. The Morgan fingerprint density at radius 3 is 1.39 bits per heavy atom. The summed E-state index contributed by atoms with van der Waals surface area (Å²) in [4.78, 5) is 85.3.